The van der Waals surface area contributed by atoms with Gasteiger partial charge in [-0.2, -0.15) is 0 Å². The Labute approximate surface area is 122 Å². The summed E-state index contributed by atoms with van der Waals surface area (Å²) in [5.74, 6) is -0.302. The van der Waals surface area contributed by atoms with Gasteiger partial charge >= 0.3 is 5.97 Å². The van der Waals surface area contributed by atoms with Crippen LogP contribution in [0.5, 0.6) is 0 Å². The summed E-state index contributed by atoms with van der Waals surface area (Å²) in [5, 5.41) is 2.81. The minimum atomic E-state index is -0.493. The quantitative estimate of drug-likeness (QED) is 0.552. The zero-order valence-electron chi connectivity index (χ0n) is 12.3. The molecule has 0 aliphatic carbocycles. The van der Waals surface area contributed by atoms with Crippen LogP contribution in [-0.4, -0.2) is 31.6 Å². The Kier molecular flexibility index (Phi) is 10.8. The summed E-state index contributed by atoms with van der Waals surface area (Å²) in [6, 6.07) is -0.493. The van der Waals surface area contributed by atoms with E-state index >= 15 is 0 Å². The van der Waals surface area contributed by atoms with Crippen LogP contribution < -0.4 is 11.1 Å². The molecule has 0 aliphatic heterocycles. The van der Waals surface area contributed by atoms with Gasteiger partial charge in [0.1, 0.15) is 0 Å². The number of carbonyl (C=O) groups is 2. The molecule has 0 bridgehead atoms. The maximum absolute atomic E-state index is 11.7. The van der Waals surface area contributed by atoms with Crippen LogP contribution in [0.2, 0.25) is 0 Å². The number of esters is 1. The van der Waals surface area contributed by atoms with Crippen LogP contribution in [0.25, 0.3) is 0 Å². The molecule has 0 rings (SSSR count). The van der Waals surface area contributed by atoms with Gasteiger partial charge in [-0.1, -0.05) is 27.2 Å². The van der Waals surface area contributed by atoms with Crippen molar-refractivity contribution in [3.8, 4) is 0 Å². The summed E-state index contributed by atoms with van der Waals surface area (Å²) in [4.78, 5) is 22.5. The number of nitrogens with one attached hydrogen (secondary N) is 1. The Bertz CT molecular complexity index is 278. The van der Waals surface area contributed by atoms with Crippen LogP contribution >= 0.6 is 12.4 Å². The predicted octanol–water partition coefficient (Wildman–Crippen LogP) is 1.63. The summed E-state index contributed by atoms with van der Waals surface area (Å²) in [7, 11) is 1.39. The fourth-order valence-corrected chi connectivity index (χ4v) is 1.39. The lowest BCUT2D eigenvalue weighted by Gasteiger charge is -2.25. The minimum absolute atomic E-state index is 0. The van der Waals surface area contributed by atoms with Crippen molar-refractivity contribution in [2.45, 2.75) is 52.5 Å². The maximum Gasteiger partial charge on any atom is 0.305 e. The molecule has 0 aromatic heterocycles. The van der Waals surface area contributed by atoms with Gasteiger partial charge in [0, 0.05) is 13.0 Å². The van der Waals surface area contributed by atoms with E-state index in [1.165, 1.54) is 7.11 Å². The van der Waals surface area contributed by atoms with E-state index in [1.807, 2.05) is 20.8 Å². The van der Waals surface area contributed by atoms with E-state index < -0.39 is 6.04 Å². The van der Waals surface area contributed by atoms with Gasteiger partial charge in [0.15, 0.2) is 0 Å². The first-order valence-corrected chi connectivity index (χ1v) is 6.39. The highest BCUT2D eigenvalue weighted by molar-refractivity contribution is 5.85. The molecule has 19 heavy (non-hydrogen) atoms. The lowest BCUT2D eigenvalue weighted by atomic mass is 9.87. The first-order valence-electron chi connectivity index (χ1n) is 6.39. The first kappa shape index (κ1) is 20.5. The molecule has 114 valence electrons. The van der Waals surface area contributed by atoms with Gasteiger partial charge in [-0.3, -0.25) is 9.59 Å². The van der Waals surface area contributed by atoms with Gasteiger partial charge in [-0.25, -0.2) is 0 Å². The van der Waals surface area contributed by atoms with E-state index in [0.29, 0.717) is 13.0 Å². The molecule has 0 aromatic carbocycles. The van der Waals surface area contributed by atoms with Crippen LogP contribution in [-0.2, 0) is 14.3 Å². The lowest BCUT2D eigenvalue weighted by molar-refractivity contribution is -0.140. The zero-order valence-corrected chi connectivity index (χ0v) is 13.1. The van der Waals surface area contributed by atoms with E-state index in [4.69, 9.17) is 5.73 Å². The largest absolute Gasteiger partial charge is 0.469 e. The second-order valence-electron chi connectivity index (χ2n) is 5.52. The number of amides is 1. The number of hydrogen-bond acceptors (Lipinski definition) is 4. The second-order valence-corrected chi connectivity index (χ2v) is 5.52. The average molecular weight is 295 g/mol. The molecule has 0 fully saturated rings. The SMILES string of the molecule is COC(=O)CCCCCNC(=O)[C@@H](N)C(C)(C)C.Cl. The zero-order chi connectivity index (χ0) is 14.2. The number of halogens is 1. The van der Waals surface area contributed by atoms with Crippen molar-refractivity contribution in [2.24, 2.45) is 11.1 Å². The Morgan fingerprint density at radius 2 is 1.79 bits per heavy atom. The predicted molar refractivity (Wildman–Crippen MR) is 78.2 cm³/mol. The van der Waals surface area contributed by atoms with Gasteiger partial charge in [0.05, 0.1) is 13.2 Å². The third-order valence-electron chi connectivity index (χ3n) is 2.80. The van der Waals surface area contributed by atoms with Crippen LogP contribution in [0, 0.1) is 5.41 Å². The lowest BCUT2D eigenvalue weighted by Crippen LogP contribution is -2.48. The van der Waals surface area contributed by atoms with E-state index in [2.05, 4.69) is 10.1 Å². The highest BCUT2D eigenvalue weighted by Gasteiger charge is 2.26. The molecule has 6 heteroatoms. The number of carbonyl (C=O) groups excluding carboxylic acids is 2. The minimum Gasteiger partial charge on any atom is -0.469 e. The van der Waals surface area contributed by atoms with E-state index in [1.54, 1.807) is 0 Å². The van der Waals surface area contributed by atoms with Crippen molar-refractivity contribution in [3.05, 3.63) is 0 Å². The highest BCUT2D eigenvalue weighted by atomic mass is 35.5. The molecule has 0 saturated heterocycles. The summed E-state index contributed by atoms with van der Waals surface area (Å²) < 4.78 is 4.54. The normalized spacial score (nSPS) is 12.3. The molecule has 3 N–H and O–H groups in total. The molecule has 0 aliphatic rings. The fourth-order valence-electron chi connectivity index (χ4n) is 1.39. The molecule has 0 aromatic rings. The third-order valence-corrected chi connectivity index (χ3v) is 2.80. The van der Waals surface area contributed by atoms with Crippen molar-refractivity contribution < 1.29 is 14.3 Å². The van der Waals surface area contributed by atoms with E-state index in [-0.39, 0.29) is 29.7 Å². The fraction of sp³-hybridized carbons (Fsp3) is 0.846. The number of hydrogen-bond donors (Lipinski definition) is 2. The summed E-state index contributed by atoms with van der Waals surface area (Å²) in [6.07, 6.45) is 2.96. The second kappa shape index (κ2) is 10.0. The van der Waals surface area contributed by atoms with Gasteiger partial charge in [0.2, 0.25) is 5.91 Å². The van der Waals surface area contributed by atoms with Crippen molar-refractivity contribution in [1.82, 2.24) is 5.32 Å². The van der Waals surface area contributed by atoms with Crippen LogP contribution in [0.1, 0.15) is 46.5 Å². The van der Waals surface area contributed by atoms with Gasteiger partial charge in [-0.15, -0.1) is 12.4 Å². The van der Waals surface area contributed by atoms with Crippen molar-refractivity contribution >= 4 is 24.3 Å². The van der Waals surface area contributed by atoms with Gasteiger partial charge in [-0.05, 0) is 18.3 Å². The number of methoxy groups -OCH3 is 1. The Balaban J connectivity index is 0. The summed E-state index contributed by atoms with van der Waals surface area (Å²) in [5.41, 5.74) is 5.59. The summed E-state index contributed by atoms with van der Waals surface area (Å²) >= 11 is 0. The number of rotatable bonds is 7. The van der Waals surface area contributed by atoms with Gasteiger partial charge < -0.3 is 15.8 Å². The van der Waals surface area contributed by atoms with Crippen molar-refractivity contribution in [2.75, 3.05) is 13.7 Å². The number of unbranched alkanes of at least 4 members (excludes halogenated alkanes) is 2. The van der Waals surface area contributed by atoms with Crippen LogP contribution in [0.3, 0.4) is 0 Å². The first-order chi connectivity index (χ1) is 8.29. The molecular weight excluding hydrogens is 268 g/mol. The Morgan fingerprint density at radius 1 is 1.21 bits per heavy atom. The van der Waals surface area contributed by atoms with E-state index in [0.717, 1.165) is 19.3 Å². The standard InChI is InChI=1S/C13H26N2O3.ClH/c1-13(2,3)11(14)12(17)15-9-7-5-6-8-10(16)18-4;/h11H,5-9,14H2,1-4H3,(H,15,17);1H/t11-;/m1./s1. The molecule has 5 nitrogen and oxygen atoms in total. The third kappa shape index (κ3) is 9.73. The number of ether oxygens (including phenoxy) is 1. The smallest absolute Gasteiger partial charge is 0.305 e. The van der Waals surface area contributed by atoms with E-state index in [9.17, 15) is 9.59 Å². The highest BCUT2D eigenvalue weighted by Crippen LogP contribution is 2.17. The van der Waals surface area contributed by atoms with Crippen LogP contribution in [0.15, 0.2) is 0 Å². The number of nitrogens with two attached hydrogens (primary N) is 1. The molecule has 0 saturated carbocycles. The molecule has 0 unspecified atom stereocenters. The molecule has 0 radical (unpaired) electrons. The monoisotopic (exact) mass is 294 g/mol. The van der Waals surface area contributed by atoms with Crippen molar-refractivity contribution in [1.29, 1.82) is 0 Å². The van der Waals surface area contributed by atoms with Crippen LogP contribution in [0.4, 0.5) is 0 Å². The topological polar surface area (TPSA) is 81.4 Å². The molecule has 0 heterocycles. The molecule has 0 spiro atoms. The molecular formula is C13H27ClN2O3. The molecule has 1 atom stereocenters. The van der Waals surface area contributed by atoms with Crippen molar-refractivity contribution in [3.63, 3.8) is 0 Å². The Hall–Kier alpha value is -0.810. The summed E-state index contributed by atoms with van der Waals surface area (Å²) in [6.45, 7) is 6.42. The Morgan fingerprint density at radius 3 is 2.26 bits per heavy atom. The maximum atomic E-state index is 11.7. The molecule has 1 amide bonds. The average Bonchev–Trinajstić information content (AvgIpc) is 2.30. The van der Waals surface area contributed by atoms with Gasteiger partial charge in [0.25, 0.3) is 0 Å².